The summed E-state index contributed by atoms with van der Waals surface area (Å²) in [5.74, 6) is 0.824. The molecule has 3 rings (SSSR count). The molecule has 0 bridgehead atoms. The summed E-state index contributed by atoms with van der Waals surface area (Å²) < 4.78 is 15.2. The number of nitrogens with one attached hydrogen (secondary N) is 1. The minimum absolute atomic E-state index is 0.0332. The fourth-order valence-electron chi connectivity index (χ4n) is 3.06. The molecule has 1 aliphatic heterocycles. The summed E-state index contributed by atoms with van der Waals surface area (Å²) in [7, 11) is 6.34. The van der Waals surface area contributed by atoms with Crippen LogP contribution in [0.25, 0.3) is 0 Å². The van der Waals surface area contributed by atoms with Crippen molar-refractivity contribution in [2.24, 2.45) is 0 Å². The zero-order valence-corrected chi connectivity index (χ0v) is 18.1. The maximum absolute atomic E-state index is 12.4. The predicted octanol–water partition coefficient (Wildman–Crippen LogP) is 1.99. The van der Waals surface area contributed by atoms with E-state index in [2.05, 4.69) is 15.3 Å². The minimum Gasteiger partial charge on any atom is -0.466 e. The Kier molecular flexibility index (Phi) is 6.71. The molecule has 0 spiro atoms. The van der Waals surface area contributed by atoms with Gasteiger partial charge in [0.1, 0.15) is 29.9 Å². The Balaban J connectivity index is 1.88. The minimum atomic E-state index is -0.640. The van der Waals surface area contributed by atoms with Crippen molar-refractivity contribution in [1.29, 1.82) is 0 Å². The molecule has 31 heavy (non-hydrogen) atoms. The van der Waals surface area contributed by atoms with Gasteiger partial charge in [0, 0.05) is 31.5 Å². The van der Waals surface area contributed by atoms with Crippen LogP contribution in [0.2, 0.25) is 0 Å². The van der Waals surface area contributed by atoms with Crippen molar-refractivity contribution in [3.8, 4) is 0 Å². The number of anilines is 4. The maximum Gasteiger partial charge on any atom is 0.355 e. The van der Waals surface area contributed by atoms with E-state index in [9.17, 15) is 9.59 Å². The predicted molar refractivity (Wildman–Crippen MR) is 115 cm³/mol. The molecule has 1 aliphatic rings. The lowest BCUT2D eigenvalue weighted by Gasteiger charge is -2.31. The van der Waals surface area contributed by atoms with Gasteiger partial charge in [-0.15, -0.1) is 0 Å². The first kappa shape index (κ1) is 22.0. The van der Waals surface area contributed by atoms with Gasteiger partial charge in [-0.3, -0.25) is 0 Å². The van der Waals surface area contributed by atoms with E-state index in [1.54, 1.807) is 17.0 Å². The van der Waals surface area contributed by atoms with Crippen LogP contribution in [-0.4, -0.2) is 63.6 Å². The number of aromatic nitrogens is 2. The number of hydrogen-bond donors (Lipinski definition) is 1. The summed E-state index contributed by atoms with van der Waals surface area (Å²) in [5.41, 5.74) is 1.65. The topological polar surface area (TPSA) is 106 Å². The second kappa shape index (κ2) is 9.43. The number of esters is 2. The van der Waals surface area contributed by atoms with Gasteiger partial charge in [0.05, 0.1) is 26.4 Å². The second-order valence-electron chi connectivity index (χ2n) is 6.94. The van der Waals surface area contributed by atoms with Gasteiger partial charge in [-0.2, -0.15) is 0 Å². The average molecular weight is 427 g/mol. The van der Waals surface area contributed by atoms with Crippen molar-refractivity contribution < 1.29 is 23.8 Å². The molecule has 1 N–H and O–H groups in total. The van der Waals surface area contributed by atoms with E-state index in [-0.39, 0.29) is 24.6 Å². The number of carbonyl (C=O) groups is 2. The summed E-state index contributed by atoms with van der Waals surface area (Å²) >= 11 is 0. The number of ether oxygens (including phenoxy) is 3. The van der Waals surface area contributed by atoms with Crippen LogP contribution in [0.1, 0.15) is 5.82 Å². The highest BCUT2D eigenvalue weighted by atomic mass is 16.5. The molecule has 2 heterocycles. The van der Waals surface area contributed by atoms with Crippen molar-refractivity contribution in [3.05, 3.63) is 47.4 Å². The summed E-state index contributed by atoms with van der Waals surface area (Å²) in [5, 5.41) is 3.25. The van der Waals surface area contributed by atoms with Crippen LogP contribution >= 0.6 is 0 Å². The largest absolute Gasteiger partial charge is 0.466 e. The van der Waals surface area contributed by atoms with Crippen LogP contribution < -0.4 is 15.1 Å². The smallest absolute Gasteiger partial charge is 0.355 e. The molecule has 2 aromatic rings. The molecule has 0 atom stereocenters. The Morgan fingerprint density at radius 2 is 1.77 bits per heavy atom. The molecule has 0 radical (unpaired) electrons. The Bertz CT molecular complexity index is 1000. The molecule has 10 heteroatoms. The van der Waals surface area contributed by atoms with E-state index in [1.807, 2.05) is 44.1 Å². The third-order valence-corrected chi connectivity index (χ3v) is 4.57. The van der Waals surface area contributed by atoms with Gasteiger partial charge in [-0.05, 0) is 31.2 Å². The first-order valence-corrected chi connectivity index (χ1v) is 9.49. The third kappa shape index (κ3) is 4.92. The number of aryl methyl sites for hydroxylation is 1. The second-order valence-corrected chi connectivity index (χ2v) is 6.94. The SMILES string of the molecule is COC(=O)C1=C(C(=O)OC)N(c2ccc(Nc3cc(N(C)C)nc(C)n3)cc2)COC1. The maximum atomic E-state index is 12.4. The highest BCUT2D eigenvalue weighted by Crippen LogP contribution is 2.28. The Labute approximate surface area is 180 Å². The van der Waals surface area contributed by atoms with Crippen LogP contribution in [-0.2, 0) is 23.8 Å². The van der Waals surface area contributed by atoms with E-state index < -0.39 is 11.9 Å². The van der Waals surface area contributed by atoms with E-state index in [4.69, 9.17) is 14.2 Å². The van der Waals surface area contributed by atoms with Gasteiger partial charge in [0.25, 0.3) is 0 Å². The van der Waals surface area contributed by atoms with E-state index in [0.717, 1.165) is 11.5 Å². The lowest BCUT2D eigenvalue weighted by Crippen LogP contribution is -2.38. The fourth-order valence-corrected chi connectivity index (χ4v) is 3.06. The van der Waals surface area contributed by atoms with Crippen molar-refractivity contribution in [3.63, 3.8) is 0 Å². The van der Waals surface area contributed by atoms with Gasteiger partial charge in [0.2, 0.25) is 0 Å². The lowest BCUT2D eigenvalue weighted by molar-refractivity contribution is -0.140. The van der Waals surface area contributed by atoms with Crippen molar-refractivity contribution in [2.45, 2.75) is 6.92 Å². The number of methoxy groups -OCH3 is 2. The highest BCUT2D eigenvalue weighted by Gasteiger charge is 2.32. The van der Waals surface area contributed by atoms with Crippen LogP contribution in [0.3, 0.4) is 0 Å². The fraction of sp³-hybridized carbons (Fsp3) is 0.333. The molecular formula is C21H25N5O5. The van der Waals surface area contributed by atoms with Gasteiger partial charge in [-0.25, -0.2) is 19.6 Å². The monoisotopic (exact) mass is 427 g/mol. The molecular weight excluding hydrogens is 402 g/mol. The molecule has 164 valence electrons. The lowest BCUT2D eigenvalue weighted by atomic mass is 10.1. The van der Waals surface area contributed by atoms with Gasteiger partial charge < -0.3 is 29.3 Å². The Hall–Kier alpha value is -3.66. The number of hydrogen-bond acceptors (Lipinski definition) is 10. The molecule has 0 amide bonds. The number of nitrogens with zero attached hydrogens (tertiary/aromatic N) is 4. The molecule has 0 unspecified atom stereocenters. The van der Waals surface area contributed by atoms with Crippen LogP contribution in [0.5, 0.6) is 0 Å². The van der Waals surface area contributed by atoms with Crippen LogP contribution in [0.4, 0.5) is 23.0 Å². The molecule has 10 nitrogen and oxygen atoms in total. The zero-order chi connectivity index (χ0) is 22.5. The van der Waals surface area contributed by atoms with E-state index >= 15 is 0 Å². The standard InChI is InChI=1S/C21H25N5O5/c1-13-22-17(10-18(23-13)25(2)3)24-14-6-8-15(9-7-14)26-12-31-11-16(20(27)29-4)19(26)21(28)30-5/h6-10H,11-12H2,1-5H3,(H,22,23,24). The first-order valence-electron chi connectivity index (χ1n) is 9.49. The van der Waals surface area contributed by atoms with Crippen LogP contribution in [0, 0.1) is 6.92 Å². The molecule has 1 aromatic heterocycles. The molecule has 0 aliphatic carbocycles. The summed E-state index contributed by atoms with van der Waals surface area (Å²) in [6.07, 6.45) is 0. The number of carbonyl (C=O) groups excluding carboxylic acids is 2. The normalized spacial score (nSPS) is 13.6. The van der Waals surface area contributed by atoms with Crippen molar-refractivity contribution >= 4 is 34.9 Å². The zero-order valence-electron chi connectivity index (χ0n) is 18.1. The summed E-state index contributed by atoms with van der Waals surface area (Å²) in [6.45, 7) is 1.89. The highest BCUT2D eigenvalue weighted by molar-refractivity contribution is 6.03. The number of rotatable bonds is 6. The Morgan fingerprint density at radius 3 is 2.39 bits per heavy atom. The van der Waals surface area contributed by atoms with E-state index in [1.165, 1.54) is 14.2 Å². The molecule has 0 fully saturated rings. The van der Waals surface area contributed by atoms with Crippen molar-refractivity contribution in [1.82, 2.24) is 9.97 Å². The average Bonchev–Trinajstić information content (AvgIpc) is 2.77. The van der Waals surface area contributed by atoms with E-state index in [0.29, 0.717) is 17.3 Å². The quantitative estimate of drug-likeness (QED) is 0.688. The van der Waals surface area contributed by atoms with Gasteiger partial charge in [-0.1, -0.05) is 0 Å². The Morgan fingerprint density at radius 1 is 1.10 bits per heavy atom. The van der Waals surface area contributed by atoms with Crippen LogP contribution in [0.15, 0.2) is 41.6 Å². The summed E-state index contributed by atoms with van der Waals surface area (Å²) in [4.78, 5) is 36.8. The first-order chi connectivity index (χ1) is 14.8. The van der Waals surface area contributed by atoms with Gasteiger partial charge in [0.15, 0.2) is 0 Å². The summed E-state index contributed by atoms with van der Waals surface area (Å²) in [6, 6.07) is 9.12. The number of benzene rings is 1. The van der Waals surface area contributed by atoms with Crippen molar-refractivity contribution in [2.75, 3.05) is 56.8 Å². The third-order valence-electron chi connectivity index (χ3n) is 4.57. The van der Waals surface area contributed by atoms with Gasteiger partial charge >= 0.3 is 11.9 Å². The molecule has 0 saturated carbocycles. The molecule has 0 saturated heterocycles. The molecule has 1 aromatic carbocycles.